The summed E-state index contributed by atoms with van der Waals surface area (Å²) in [6, 6.07) is 4.40. The molecule has 0 unspecified atom stereocenters. The van der Waals surface area contributed by atoms with Crippen molar-refractivity contribution >= 4 is 17.5 Å². The fourth-order valence-corrected chi connectivity index (χ4v) is 3.46. The van der Waals surface area contributed by atoms with E-state index in [1.54, 1.807) is 7.05 Å². The molecular weight excluding hydrogens is 366 g/mol. The van der Waals surface area contributed by atoms with Gasteiger partial charge in [0.05, 0.1) is 24.8 Å². The van der Waals surface area contributed by atoms with Gasteiger partial charge in [0.2, 0.25) is 5.91 Å². The molecule has 27 heavy (non-hydrogen) atoms. The molecule has 6 nitrogen and oxygen atoms in total. The Bertz CT molecular complexity index is 604. The molecule has 7 heteroatoms. The number of halogens is 1. The molecule has 0 aromatic heterocycles. The van der Waals surface area contributed by atoms with Crippen LogP contribution in [0.4, 0.5) is 0 Å². The van der Waals surface area contributed by atoms with E-state index in [0.717, 1.165) is 44.5 Å². The predicted molar refractivity (Wildman–Crippen MR) is 109 cm³/mol. The monoisotopic (exact) mass is 397 g/mol. The number of rotatable bonds is 10. The molecule has 0 spiro atoms. The first-order valence-electron chi connectivity index (χ1n) is 9.81. The Morgan fingerprint density at radius 3 is 2.63 bits per heavy atom. The van der Waals surface area contributed by atoms with E-state index in [-0.39, 0.29) is 5.91 Å². The largest absolute Gasteiger partial charge is 0.490 e. The molecule has 1 fully saturated rings. The second kappa shape index (κ2) is 11.4. The van der Waals surface area contributed by atoms with Crippen LogP contribution in [0.3, 0.4) is 0 Å². The van der Waals surface area contributed by atoms with Crippen LogP contribution < -0.4 is 20.1 Å². The zero-order chi connectivity index (χ0) is 19.6. The van der Waals surface area contributed by atoms with Gasteiger partial charge in [0.1, 0.15) is 0 Å². The lowest BCUT2D eigenvalue weighted by molar-refractivity contribution is -0.122. The quantitative estimate of drug-likeness (QED) is 0.635. The molecule has 1 heterocycles. The Morgan fingerprint density at radius 2 is 2.00 bits per heavy atom. The van der Waals surface area contributed by atoms with Crippen LogP contribution in [0.25, 0.3) is 0 Å². The van der Waals surface area contributed by atoms with E-state index >= 15 is 0 Å². The second-order valence-corrected chi connectivity index (χ2v) is 7.20. The van der Waals surface area contributed by atoms with Crippen molar-refractivity contribution in [1.29, 1.82) is 0 Å². The average molecular weight is 398 g/mol. The molecular formula is C20H32ClN3O3. The number of carbonyl (C=O) groups is 1. The number of likely N-dealkylation sites (tertiary alicyclic amines) is 1. The van der Waals surface area contributed by atoms with Gasteiger partial charge >= 0.3 is 0 Å². The standard InChI is InChI=1S/C20H32ClN3O3/c1-4-10-27-20-17(21)11-15(12-18(20)26-5-2)13-23-16-6-8-24(9-7-16)14-19(25)22-3/h11-12,16,23H,4-10,13-14H2,1-3H3,(H,22,25). The Balaban J connectivity index is 1.89. The van der Waals surface area contributed by atoms with Crippen LogP contribution >= 0.6 is 11.6 Å². The number of piperidine rings is 1. The first-order valence-corrected chi connectivity index (χ1v) is 10.2. The molecule has 152 valence electrons. The summed E-state index contributed by atoms with van der Waals surface area (Å²) >= 11 is 6.43. The summed E-state index contributed by atoms with van der Waals surface area (Å²) in [5.41, 5.74) is 1.08. The summed E-state index contributed by atoms with van der Waals surface area (Å²) in [6.45, 7) is 8.27. The van der Waals surface area contributed by atoms with Gasteiger partial charge in [-0.25, -0.2) is 0 Å². The van der Waals surface area contributed by atoms with Crippen LogP contribution in [-0.2, 0) is 11.3 Å². The first kappa shape index (κ1) is 21.8. The summed E-state index contributed by atoms with van der Waals surface area (Å²) in [4.78, 5) is 13.7. The highest BCUT2D eigenvalue weighted by atomic mass is 35.5. The summed E-state index contributed by atoms with van der Waals surface area (Å²) in [6.07, 6.45) is 2.98. The zero-order valence-corrected chi connectivity index (χ0v) is 17.4. The highest BCUT2D eigenvalue weighted by Crippen LogP contribution is 2.36. The Labute approximate surface area is 167 Å². The van der Waals surface area contributed by atoms with E-state index in [1.807, 2.05) is 19.1 Å². The Kier molecular flexibility index (Phi) is 9.18. The number of carbonyl (C=O) groups excluding carboxylic acids is 1. The minimum absolute atomic E-state index is 0.0740. The van der Waals surface area contributed by atoms with Gasteiger partial charge in [-0.2, -0.15) is 0 Å². The second-order valence-electron chi connectivity index (χ2n) is 6.79. The molecule has 1 aromatic rings. The SMILES string of the molecule is CCCOc1c(Cl)cc(CNC2CCN(CC(=O)NC)CC2)cc1OCC. The van der Waals surface area contributed by atoms with E-state index in [2.05, 4.69) is 22.5 Å². The van der Waals surface area contributed by atoms with Crippen molar-refractivity contribution in [2.45, 2.75) is 45.7 Å². The Morgan fingerprint density at radius 1 is 1.26 bits per heavy atom. The van der Waals surface area contributed by atoms with Crippen LogP contribution in [0.15, 0.2) is 12.1 Å². The highest BCUT2D eigenvalue weighted by molar-refractivity contribution is 6.32. The molecule has 0 radical (unpaired) electrons. The molecule has 2 N–H and O–H groups in total. The van der Waals surface area contributed by atoms with Gasteiger partial charge < -0.3 is 20.1 Å². The number of amides is 1. The summed E-state index contributed by atoms with van der Waals surface area (Å²) in [7, 11) is 1.68. The van der Waals surface area contributed by atoms with Gasteiger partial charge in [-0.15, -0.1) is 0 Å². The maximum Gasteiger partial charge on any atom is 0.233 e. The number of hydrogen-bond acceptors (Lipinski definition) is 5. The van der Waals surface area contributed by atoms with E-state index in [1.165, 1.54) is 0 Å². The third kappa shape index (κ3) is 6.87. The normalized spacial score (nSPS) is 15.6. The highest BCUT2D eigenvalue weighted by Gasteiger charge is 2.20. The van der Waals surface area contributed by atoms with Gasteiger partial charge in [0.15, 0.2) is 11.5 Å². The van der Waals surface area contributed by atoms with Crippen molar-refractivity contribution in [2.24, 2.45) is 0 Å². The first-order chi connectivity index (χ1) is 13.1. The van der Waals surface area contributed by atoms with E-state index < -0.39 is 0 Å². The van der Waals surface area contributed by atoms with Crippen molar-refractivity contribution in [3.63, 3.8) is 0 Å². The van der Waals surface area contributed by atoms with Crippen LogP contribution in [-0.4, -0.2) is 56.7 Å². The van der Waals surface area contributed by atoms with E-state index in [4.69, 9.17) is 21.1 Å². The lowest BCUT2D eigenvalue weighted by atomic mass is 10.0. The van der Waals surface area contributed by atoms with Gasteiger partial charge in [-0.3, -0.25) is 9.69 Å². The number of nitrogens with one attached hydrogen (secondary N) is 2. The van der Waals surface area contributed by atoms with Crippen molar-refractivity contribution < 1.29 is 14.3 Å². The van der Waals surface area contributed by atoms with Gasteiger partial charge in [-0.05, 0) is 43.9 Å². The lowest BCUT2D eigenvalue weighted by Gasteiger charge is -2.32. The zero-order valence-electron chi connectivity index (χ0n) is 16.6. The number of nitrogens with zero attached hydrogens (tertiary/aromatic N) is 1. The Hall–Kier alpha value is -1.50. The fourth-order valence-electron chi connectivity index (χ4n) is 3.17. The molecule has 1 aromatic carbocycles. The lowest BCUT2D eigenvalue weighted by Crippen LogP contribution is -2.45. The molecule has 0 atom stereocenters. The third-order valence-electron chi connectivity index (χ3n) is 4.65. The third-order valence-corrected chi connectivity index (χ3v) is 4.93. The van der Waals surface area contributed by atoms with E-state index in [0.29, 0.717) is 42.3 Å². The summed E-state index contributed by atoms with van der Waals surface area (Å²) in [5.74, 6) is 1.41. The van der Waals surface area contributed by atoms with Crippen LogP contribution in [0.2, 0.25) is 5.02 Å². The molecule has 1 saturated heterocycles. The van der Waals surface area contributed by atoms with Gasteiger partial charge in [0, 0.05) is 32.7 Å². The maximum atomic E-state index is 11.5. The predicted octanol–water partition coefficient (Wildman–Crippen LogP) is 2.83. The number of ether oxygens (including phenoxy) is 2. The smallest absolute Gasteiger partial charge is 0.233 e. The molecule has 1 aliphatic rings. The molecule has 1 amide bonds. The number of benzene rings is 1. The van der Waals surface area contributed by atoms with Crippen molar-refractivity contribution in [2.75, 3.05) is 39.9 Å². The molecule has 0 aliphatic carbocycles. The van der Waals surface area contributed by atoms with Gasteiger partial charge in [0.25, 0.3) is 0 Å². The minimum atomic E-state index is 0.0740. The number of hydrogen-bond donors (Lipinski definition) is 2. The number of likely N-dealkylation sites (N-methyl/N-ethyl adjacent to an activating group) is 1. The van der Waals surface area contributed by atoms with Crippen LogP contribution in [0, 0.1) is 0 Å². The minimum Gasteiger partial charge on any atom is -0.490 e. The molecule has 0 saturated carbocycles. The summed E-state index contributed by atoms with van der Waals surface area (Å²) in [5, 5.41) is 6.87. The van der Waals surface area contributed by atoms with Crippen molar-refractivity contribution in [1.82, 2.24) is 15.5 Å². The maximum absolute atomic E-state index is 11.5. The topological polar surface area (TPSA) is 62.8 Å². The van der Waals surface area contributed by atoms with Crippen molar-refractivity contribution in [3.05, 3.63) is 22.7 Å². The van der Waals surface area contributed by atoms with E-state index in [9.17, 15) is 4.79 Å². The fraction of sp³-hybridized carbons (Fsp3) is 0.650. The van der Waals surface area contributed by atoms with Crippen LogP contribution in [0.1, 0.15) is 38.7 Å². The molecule has 1 aliphatic heterocycles. The van der Waals surface area contributed by atoms with Gasteiger partial charge in [-0.1, -0.05) is 18.5 Å². The molecule has 2 rings (SSSR count). The average Bonchev–Trinajstić information content (AvgIpc) is 2.67. The van der Waals surface area contributed by atoms with Crippen LogP contribution in [0.5, 0.6) is 11.5 Å². The van der Waals surface area contributed by atoms with Crippen molar-refractivity contribution in [3.8, 4) is 11.5 Å². The molecule has 0 bridgehead atoms. The summed E-state index contributed by atoms with van der Waals surface area (Å²) < 4.78 is 11.5.